The first-order valence-electron chi connectivity index (χ1n) is 6.93. The second kappa shape index (κ2) is 8.86. The number of benzene rings is 1. The van der Waals surface area contributed by atoms with Crippen molar-refractivity contribution in [3.8, 4) is 11.5 Å². The number of hydrogen-bond donors (Lipinski definition) is 1. The Kier molecular flexibility index (Phi) is 7.49. The molecule has 0 aromatic heterocycles. The van der Waals surface area contributed by atoms with Crippen LogP contribution in [0.2, 0.25) is 0 Å². The third kappa shape index (κ3) is 5.53. The van der Waals surface area contributed by atoms with Crippen molar-refractivity contribution in [3.05, 3.63) is 18.2 Å². The molecule has 6 nitrogen and oxygen atoms in total. The van der Waals surface area contributed by atoms with Crippen LogP contribution in [0.4, 0.5) is 0 Å². The Morgan fingerprint density at radius 1 is 1.10 bits per heavy atom. The van der Waals surface area contributed by atoms with E-state index in [1.165, 1.54) is 12.1 Å². The molecule has 21 heavy (non-hydrogen) atoms. The fourth-order valence-corrected chi connectivity index (χ4v) is 2.79. The highest BCUT2D eigenvalue weighted by molar-refractivity contribution is 7.89. The lowest BCUT2D eigenvalue weighted by Crippen LogP contribution is -2.25. The highest BCUT2D eigenvalue weighted by atomic mass is 32.2. The van der Waals surface area contributed by atoms with Crippen LogP contribution in [0.15, 0.2) is 23.1 Å². The second-order valence-corrected chi connectivity index (χ2v) is 5.99. The van der Waals surface area contributed by atoms with Gasteiger partial charge in [-0.25, -0.2) is 13.1 Å². The lowest BCUT2D eigenvalue weighted by atomic mass is 10.3. The Hall–Kier alpha value is -1.31. The van der Waals surface area contributed by atoms with Crippen molar-refractivity contribution in [1.82, 2.24) is 4.72 Å². The predicted molar refractivity (Wildman–Crippen MR) is 80.5 cm³/mol. The first kappa shape index (κ1) is 17.7. The van der Waals surface area contributed by atoms with Gasteiger partial charge >= 0.3 is 0 Å². The number of ether oxygens (including phenoxy) is 3. The molecule has 0 heterocycles. The summed E-state index contributed by atoms with van der Waals surface area (Å²) < 4.78 is 42.6. The molecule has 0 aliphatic heterocycles. The molecular formula is C14H23NO5S. The van der Waals surface area contributed by atoms with Gasteiger partial charge in [0.2, 0.25) is 10.0 Å². The maximum Gasteiger partial charge on any atom is 0.240 e. The molecule has 0 bridgehead atoms. The van der Waals surface area contributed by atoms with Crippen molar-refractivity contribution >= 4 is 10.0 Å². The first-order valence-corrected chi connectivity index (χ1v) is 8.41. The minimum absolute atomic E-state index is 0.159. The lowest BCUT2D eigenvalue weighted by Gasteiger charge is -2.13. The zero-order chi connectivity index (χ0) is 15.7. The van der Waals surface area contributed by atoms with Crippen LogP contribution in [0, 0.1) is 0 Å². The van der Waals surface area contributed by atoms with Crippen LogP contribution in [-0.4, -0.2) is 41.9 Å². The van der Waals surface area contributed by atoms with Gasteiger partial charge in [-0.3, -0.25) is 0 Å². The van der Waals surface area contributed by atoms with Crippen LogP contribution in [0.1, 0.15) is 20.3 Å². The van der Waals surface area contributed by atoms with Gasteiger partial charge < -0.3 is 14.2 Å². The Morgan fingerprint density at radius 3 is 2.38 bits per heavy atom. The standard InChI is InChI=1S/C14H23NO5S/c1-4-19-13-8-7-12(11-14(13)20-5-2)21(16,17)15-9-6-10-18-3/h7-8,11,15H,4-6,9-10H2,1-3H3. The fraction of sp³-hybridized carbons (Fsp3) is 0.571. The molecule has 0 aliphatic rings. The predicted octanol–water partition coefficient (Wildman–Crippen LogP) is 1.80. The quantitative estimate of drug-likeness (QED) is 0.666. The molecule has 1 rings (SSSR count). The molecule has 7 heteroatoms. The largest absolute Gasteiger partial charge is 0.490 e. The summed E-state index contributed by atoms with van der Waals surface area (Å²) in [6.45, 7) is 5.45. The maximum atomic E-state index is 12.2. The number of nitrogens with one attached hydrogen (secondary N) is 1. The van der Waals surface area contributed by atoms with Crippen molar-refractivity contribution in [2.24, 2.45) is 0 Å². The third-order valence-corrected chi connectivity index (χ3v) is 4.10. The molecule has 0 amide bonds. The van der Waals surface area contributed by atoms with E-state index in [2.05, 4.69) is 4.72 Å². The summed E-state index contributed by atoms with van der Waals surface area (Å²) in [7, 11) is -1.98. The van der Waals surface area contributed by atoms with Gasteiger partial charge in [0.05, 0.1) is 18.1 Å². The van der Waals surface area contributed by atoms with Crippen LogP contribution in [0.25, 0.3) is 0 Å². The zero-order valence-corrected chi connectivity index (χ0v) is 13.5. The topological polar surface area (TPSA) is 73.9 Å². The summed E-state index contributed by atoms with van der Waals surface area (Å²) in [5.41, 5.74) is 0. The van der Waals surface area contributed by atoms with Gasteiger partial charge in [0, 0.05) is 26.3 Å². The van der Waals surface area contributed by atoms with Crippen molar-refractivity contribution in [2.45, 2.75) is 25.2 Å². The van der Waals surface area contributed by atoms with E-state index in [0.717, 1.165) is 0 Å². The fourth-order valence-electron chi connectivity index (χ4n) is 1.70. The van der Waals surface area contributed by atoms with Crippen LogP contribution in [-0.2, 0) is 14.8 Å². The highest BCUT2D eigenvalue weighted by Gasteiger charge is 2.16. The highest BCUT2D eigenvalue weighted by Crippen LogP contribution is 2.30. The van der Waals surface area contributed by atoms with Crippen LogP contribution in [0.5, 0.6) is 11.5 Å². The number of rotatable bonds is 10. The van der Waals surface area contributed by atoms with Gasteiger partial charge in [-0.05, 0) is 32.4 Å². The Morgan fingerprint density at radius 2 is 1.76 bits per heavy atom. The second-order valence-electron chi connectivity index (χ2n) is 4.22. The van der Waals surface area contributed by atoms with Crippen molar-refractivity contribution in [1.29, 1.82) is 0 Å². The smallest absolute Gasteiger partial charge is 0.240 e. The van der Waals surface area contributed by atoms with Gasteiger partial charge in [0.1, 0.15) is 0 Å². The maximum absolute atomic E-state index is 12.2. The van der Waals surface area contributed by atoms with E-state index >= 15 is 0 Å². The number of hydrogen-bond acceptors (Lipinski definition) is 5. The molecule has 0 saturated carbocycles. The molecule has 0 fully saturated rings. The average Bonchev–Trinajstić information content (AvgIpc) is 2.46. The van der Waals surface area contributed by atoms with Gasteiger partial charge in [-0.2, -0.15) is 0 Å². The summed E-state index contributed by atoms with van der Waals surface area (Å²) in [4.78, 5) is 0.159. The van der Waals surface area contributed by atoms with Gasteiger partial charge in [0.15, 0.2) is 11.5 Å². The normalized spacial score (nSPS) is 11.4. The summed E-state index contributed by atoms with van der Waals surface area (Å²) >= 11 is 0. The molecule has 0 saturated heterocycles. The Balaban J connectivity index is 2.88. The zero-order valence-electron chi connectivity index (χ0n) is 12.7. The minimum Gasteiger partial charge on any atom is -0.490 e. The van der Waals surface area contributed by atoms with E-state index in [1.54, 1.807) is 13.2 Å². The van der Waals surface area contributed by atoms with Crippen molar-refractivity contribution in [3.63, 3.8) is 0 Å². The molecular weight excluding hydrogens is 294 g/mol. The molecule has 1 aromatic carbocycles. The molecule has 1 N–H and O–H groups in total. The van der Waals surface area contributed by atoms with Crippen LogP contribution in [0.3, 0.4) is 0 Å². The van der Waals surface area contributed by atoms with E-state index in [-0.39, 0.29) is 4.90 Å². The first-order chi connectivity index (χ1) is 10.0. The van der Waals surface area contributed by atoms with Crippen molar-refractivity contribution in [2.75, 3.05) is 33.5 Å². The van der Waals surface area contributed by atoms with E-state index in [0.29, 0.717) is 44.3 Å². The minimum atomic E-state index is -3.55. The molecule has 0 atom stereocenters. The molecule has 120 valence electrons. The Bertz CT molecular complexity index is 530. The SMILES string of the molecule is CCOc1ccc(S(=O)(=O)NCCCOC)cc1OCC. The lowest BCUT2D eigenvalue weighted by molar-refractivity contribution is 0.196. The van der Waals surface area contributed by atoms with E-state index in [4.69, 9.17) is 14.2 Å². The summed E-state index contributed by atoms with van der Waals surface area (Å²) in [6.07, 6.45) is 0.616. The molecule has 0 aliphatic carbocycles. The number of methoxy groups -OCH3 is 1. The third-order valence-electron chi connectivity index (χ3n) is 2.64. The van der Waals surface area contributed by atoms with Gasteiger partial charge in [0.25, 0.3) is 0 Å². The van der Waals surface area contributed by atoms with Crippen LogP contribution >= 0.6 is 0 Å². The van der Waals surface area contributed by atoms with Gasteiger partial charge in [-0.15, -0.1) is 0 Å². The van der Waals surface area contributed by atoms with E-state index < -0.39 is 10.0 Å². The Labute approximate surface area is 126 Å². The van der Waals surface area contributed by atoms with Crippen LogP contribution < -0.4 is 14.2 Å². The van der Waals surface area contributed by atoms with Crippen molar-refractivity contribution < 1.29 is 22.6 Å². The summed E-state index contributed by atoms with van der Waals surface area (Å²) in [5, 5.41) is 0. The molecule has 0 unspecified atom stereocenters. The molecule has 1 aromatic rings. The molecule has 0 spiro atoms. The summed E-state index contributed by atoms with van der Waals surface area (Å²) in [6, 6.07) is 4.59. The average molecular weight is 317 g/mol. The number of sulfonamides is 1. The van der Waals surface area contributed by atoms with E-state index in [9.17, 15) is 8.42 Å². The monoisotopic (exact) mass is 317 g/mol. The van der Waals surface area contributed by atoms with Gasteiger partial charge in [-0.1, -0.05) is 0 Å². The molecule has 0 radical (unpaired) electrons. The summed E-state index contributed by atoms with van der Waals surface area (Å²) in [5.74, 6) is 0.969. The van der Waals surface area contributed by atoms with E-state index in [1.807, 2.05) is 13.8 Å².